The van der Waals surface area contributed by atoms with Gasteiger partial charge in [-0.25, -0.2) is 12.7 Å². The third kappa shape index (κ3) is 4.91. The summed E-state index contributed by atoms with van der Waals surface area (Å²) in [5.41, 5.74) is 1.95. The van der Waals surface area contributed by atoms with Gasteiger partial charge < -0.3 is 15.4 Å². The van der Waals surface area contributed by atoms with Crippen molar-refractivity contribution in [1.29, 1.82) is 0 Å². The Morgan fingerprint density at radius 3 is 2.56 bits per heavy atom. The van der Waals surface area contributed by atoms with Crippen molar-refractivity contribution in [2.45, 2.75) is 11.8 Å². The summed E-state index contributed by atoms with van der Waals surface area (Å²) in [4.78, 5) is 12.2. The number of carbonyl (C=O) groups excluding carboxylic acids is 1. The second kappa shape index (κ2) is 8.60. The van der Waals surface area contributed by atoms with Gasteiger partial charge in [0.05, 0.1) is 13.7 Å². The zero-order chi connectivity index (χ0) is 20.2. The number of nitrogens with one attached hydrogen (secondary N) is 2. The van der Waals surface area contributed by atoms with E-state index in [4.69, 9.17) is 16.3 Å². The highest BCUT2D eigenvalue weighted by atomic mass is 35.5. The van der Waals surface area contributed by atoms with Gasteiger partial charge in [0, 0.05) is 30.5 Å². The normalized spacial score (nSPS) is 11.3. The largest absolute Gasteiger partial charge is 0.495 e. The molecule has 0 unspecified atom stereocenters. The molecule has 2 aromatic carbocycles. The average molecular weight is 412 g/mol. The summed E-state index contributed by atoms with van der Waals surface area (Å²) >= 11 is 6.06. The lowest BCUT2D eigenvalue weighted by Crippen LogP contribution is -2.24. The lowest BCUT2D eigenvalue weighted by Gasteiger charge is -2.16. The smallest absolute Gasteiger partial charge is 0.246 e. The molecule has 0 spiro atoms. The van der Waals surface area contributed by atoms with Gasteiger partial charge in [-0.15, -0.1) is 0 Å². The van der Waals surface area contributed by atoms with Gasteiger partial charge in [0.1, 0.15) is 10.6 Å². The van der Waals surface area contributed by atoms with Crippen molar-refractivity contribution in [3.8, 4) is 5.75 Å². The fraction of sp³-hybridized carbons (Fsp3) is 0.278. The molecule has 2 aromatic rings. The van der Waals surface area contributed by atoms with Gasteiger partial charge in [0.15, 0.2) is 0 Å². The van der Waals surface area contributed by atoms with Crippen molar-refractivity contribution in [1.82, 2.24) is 4.31 Å². The Kier molecular flexibility index (Phi) is 6.69. The number of halogens is 1. The molecular formula is C18H22ClN3O4S. The molecule has 0 aliphatic rings. The Hall–Kier alpha value is -2.29. The molecule has 0 bridgehead atoms. The van der Waals surface area contributed by atoms with Crippen LogP contribution in [0.15, 0.2) is 41.3 Å². The van der Waals surface area contributed by atoms with E-state index >= 15 is 0 Å². The number of amides is 1. The summed E-state index contributed by atoms with van der Waals surface area (Å²) < 4.78 is 31.1. The van der Waals surface area contributed by atoms with Crippen LogP contribution in [0.2, 0.25) is 5.02 Å². The standard InChI is InChI=1S/C18H22ClN3O4S/c1-12-14(19)6-5-7-15(12)20-11-18(23)21-13-8-9-16(26-4)17(10-13)27(24,25)22(2)3/h5-10,20H,11H2,1-4H3,(H,21,23). The van der Waals surface area contributed by atoms with Crippen molar-refractivity contribution in [3.63, 3.8) is 0 Å². The van der Waals surface area contributed by atoms with Crippen LogP contribution in [0.1, 0.15) is 5.56 Å². The quantitative estimate of drug-likeness (QED) is 0.731. The number of hydrogen-bond donors (Lipinski definition) is 2. The minimum absolute atomic E-state index is 0.00295. The van der Waals surface area contributed by atoms with Crippen LogP contribution in [-0.2, 0) is 14.8 Å². The van der Waals surface area contributed by atoms with E-state index in [-0.39, 0.29) is 23.1 Å². The van der Waals surface area contributed by atoms with Crippen LogP contribution >= 0.6 is 11.6 Å². The Morgan fingerprint density at radius 1 is 1.22 bits per heavy atom. The van der Waals surface area contributed by atoms with Gasteiger partial charge in [0.2, 0.25) is 15.9 Å². The number of carbonyl (C=O) groups is 1. The van der Waals surface area contributed by atoms with Gasteiger partial charge in [-0.1, -0.05) is 17.7 Å². The summed E-state index contributed by atoms with van der Waals surface area (Å²) in [7, 11) is 0.527. The van der Waals surface area contributed by atoms with Crippen molar-refractivity contribution in [2.75, 3.05) is 38.4 Å². The average Bonchev–Trinajstić information content (AvgIpc) is 2.62. The first-order valence-electron chi connectivity index (χ1n) is 8.06. The first kappa shape index (κ1) is 21.0. The van der Waals surface area contributed by atoms with E-state index in [9.17, 15) is 13.2 Å². The van der Waals surface area contributed by atoms with E-state index < -0.39 is 10.0 Å². The van der Waals surface area contributed by atoms with Gasteiger partial charge in [-0.3, -0.25) is 4.79 Å². The molecule has 146 valence electrons. The molecule has 0 heterocycles. The van der Waals surface area contributed by atoms with E-state index in [1.807, 2.05) is 13.0 Å². The third-order valence-corrected chi connectivity index (χ3v) is 6.16. The summed E-state index contributed by atoms with van der Waals surface area (Å²) in [6, 6.07) is 9.83. The molecule has 27 heavy (non-hydrogen) atoms. The third-order valence-electron chi connectivity index (χ3n) is 3.91. The summed E-state index contributed by atoms with van der Waals surface area (Å²) in [5.74, 6) is -0.123. The maximum atomic E-state index is 12.4. The van der Waals surface area contributed by atoms with E-state index in [0.29, 0.717) is 10.7 Å². The topological polar surface area (TPSA) is 87.7 Å². The molecule has 7 nitrogen and oxygen atoms in total. The fourth-order valence-electron chi connectivity index (χ4n) is 2.33. The number of anilines is 2. The number of methoxy groups -OCH3 is 1. The van der Waals surface area contributed by atoms with E-state index in [2.05, 4.69) is 10.6 Å². The molecule has 0 atom stereocenters. The molecule has 0 saturated heterocycles. The molecule has 2 rings (SSSR count). The molecule has 2 N–H and O–H groups in total. The van der Waals surface area contributed by atoms with E-state index in [1.54, 1.807) is 18.2 Å². The van der Waals surface area contributed by atoms with Crippen LogP contribution in [0, 0.1) is 6.92 Å². The van der Waals surface area contributed by atoms with E-state index in [1.165, 1.54) is 33.3 Å². The van der Waals surface area contributed by atoms with Crippen LogP contribution in [-0.4, -0.2) is 46.4 Å². The minimum atomic E-state index is -3.72. The molecule has 0 saturated carbocycles. The Morgan fingerprint density at radius 2 is 1.93 bits per heavy atom. The molecule has 1 amide bonds. The van der Waals surface area contributed by atoms with Crippen LogP contribution < -0.4 is 15.4 Å². The number of sulfonamides is 1. The van der Waals surface area contributed by atoms with Crippen molar-refractivity contribution < 1.29 is 17.9 Å². The molecule has 0 radical (unpaired) electrons. The van der Waals surface area contributed by atoms with Gasteiger partial charge in [-0.2, -0.15) is 0 Å². The number of hydrogen-bond acceptors (Lipinski definition) is 5. The number of rotatable bonds is 7. The van der Waals surface area contributed by atoms with Crippen LogP contribution in [0.4, 0.5) is 11.4 Å². The number of ether oxygens (including phenoxy) is 1. The molecular weight excluding hydrogens is 390 g/mol. The predicted octanol–water partition coefficient (Wildman–Crippen LogP) is 2.96. The molecule has 0 fully saturated rings. The zero-order valence-electron chi connectivity index (χ0n) is 15.5. The van der Waals surface area contributed by atoms with Crippen LogP contribution in [0.3, 0.4) is 0 Å². The summed E-state index contributed by atoms with van der Waals surface area (Å²) in [6.07, 6.45) is 0. The molecule has 0 aromatic heterocycles. The summed E-state index contributed by atoms with van der Waals surface area (Å²) in [5, 5.41) is 6.29. The second-order valence-electron chi connectivity index (χ2n) is 5.97. The Balaban J connectivity index is 2.15. The zero-order valence-corrected chi connectivity index (χ0v) is 17.1. The maximum Gasteiger partial charge on any atom is 0.246 e. The highest BCUT2D eigenvalue weighted by Gasteiger charge is 2.23. The Bertz CT molecular complexity index is 946. The van der Waals surface area contributed by atoms with Crippen molar-refractivity contribution in [3.05, 3.63) is 47.0 Å². The predicted molar refractivity (Wildman–Crippen MR) is 107 cm³/mol. The monoisotopic (exact) mass is 411 g/mol. The first-order valence-corrected chi connectivity index (χ1v) is 9.88. The first-order chi connectivity index (χ1) is 12.7. The summed E-state index contributed by atoms with van der Waals surface area (Å²) in [6.45, 7) is 1.85. The van der Waals surface area contributed by atoms with Crippen molar-refractivity contribution in [2.24, 2.45) is 0 Å². The second-order valence-corrected chi connectivity index (χ2v) is 8.49. The maximum absolute atomic E-state index is 12.4. The van der Waals surface area contributed by atoms with E-state index in [0.717, 1.165) is 15.6 Å². The highest BCUT2D eigenvalue weighted by Crippen LogP contribution is 2.29. The van der Waals surface area contributed by atoms with Gasteiger partial charge in [0.25, 0.3) is 0 Å². The lowest BCUT2D eigenvalue weighted by molar-refractivity contribution is -0.114. The molecule has 9 heteroatoms. The molecule has 0 aliphatic carbocycles. The van der Waals surface area contributed by atoms with Gasteiger partial charge in [-0.05, 0) is 42.8 Å². The van der Waals surface area contributed by atoms with Crippen LogP contribution in [0.25, 0.3) is 0 Å². The SMILES string of the molecule is COc1ccc(NC(=O)CNc2cccc(Cl)c2C)cc1S(=O)(=O)N(C)C. The highest BCUT2D eigenvalue weighted by molar-refractivity contribution is 7.89. The number of benzene rings is 2. The Labute approximate surface area is 164 Å². The minimum Gasteiger partial charge on any atom is -0.495 e. The van der Waals surface area contributed by atoms with Gasteiger partial charge >= 0.3 is 0 Å². The molecule has 0 aliphatic heterocycles. The fourth-order valence-corrected chi connectivity index (χ4v) is 3.58. The van der Waals surface area contributed by atoms with Crippen molar-refractivity contribution >= 4 is 38.9 Å². The number of nitrogens with zero attached hydrogens (tertiary/aromatic N) is 1. The van der Waals surface area contributed by atoms with Crippen LogP contribution in [0.5, 0.6) is 5.75 Å². The lowest BCUT2D eigenvalue weighted by atomic mass is 10.2.